The average molecular weight is 346 g/mol. The van der Waals surface area contributed by atoms with Crippen molar-refractivity contribution in [3.05, 3.63) is 40.1 Å². The van der Waals surface area contributed by atoms with Crippen molar-refractivity contribution in [1.82, 2.24) is 19.8 Å². The molecule has 0 saturated heterocycles. The van der Waals surface area contributed by atoms with Crippen LogP contribution in [0.3, 0.4) is 0 Å². The quantitative estimate of drug-likeness (QED) is 0.924. The lowest BCUT2D eigenvalue weighted by molar-refractivity contribution is -0.137. The predicted molar refractivity (Wildman–Crippen MR) is 92.7 cm³/mol. The van der Waals surface area contributed by atoms with Gasteiger partial charge in [0.15, 0.2) is 0 Å². The number of nitrogens with zero attached hydrogens (tertiary/aromatic N) is 3. The van der Waals surface area contributed by atoms with Gasteiger partial charge < -0.3 is 14.8 Å². The second-order valence-corrected chi connectivity index (χ2v) is 7.33. The Morgan fingerprint density at radius 2 is 2.21 bits per heavy atom. The minimum Gasteiger partial charge on any atom is -0.346 e. The lowest BCUT2D eigenvalue weighted by Gasteiger charge is -2.34. The van der Waals surface area contributed by atoms with E-state index in [1.54, 1.807) is 17.5 Å². The number of nitrogens with one attached hydrogen (secondary N) is 1. The Labute approximate surface area is 145 Å². The van der Waals surface area contributed by atoms with Crippen molar-refractivity contribution in [1.29, 1.82) is 0 Å². The van der Waals surface area contributed by atoms with Gasteiger partial charge in [-0.15, -0.1) is 11.3 Å². The first-order valence-electron chi connectivity index (χ1n) is 8.15. The first-order chi connectivity index (χ1) is 11.5. The van der Waals surface area contributed by atoms with Gasteiger partial charge in [-0.3, -0.25) is 9.59 Å². The molecule has 0 aromatic carbocycles. The van der Waals surface area contributed by atoms with Crippen molar-refractivity contribution in [3.8, 4) is 0 Å². The zero-order valence-corrected chi connectivity index (χ0v) is 15.0. The lowest BCUT2D eigenvalue weighted by Crippen LogP contribution is -2.42. The molecule has 0 saturated carbocycles. The second kappa shape index (κ2) is 6.76. The van der Waals surface area contributed by atoms with Gasteiger partial charge in [0.1, 0.15) is 11.5 Å². The van der Waals surface area contributed by atoms with Gasteiger partial charge in [0, 0.05) is 30.1 Å². The molecule has 0 spiro atoms. The van der Waals surface area contributed by atoms with E-state index in [0.717, 1.165) is 10.7 Å². The number of rotatable bonds is 4. The largest absolute Gasteiger partial charge is 0.346 e. The number of amides is 2. The van der Waals surface area contributed by atoms with E-state index in [1.165, 1.54) is 0 Å². The molecule has 2 aromatic heterocycles. The highest BCUT2D eigenvalue weighted by Crippen LogP contribution is 2.26. The number of hydrogen-bond donors (Lipinski definition) is 1. The van der Waals surface area contributed by atoms with E-state index in [9.17, 15) is 9.59 Å². The fraction of sp³-hybridized carbons (Fsp3) is 0.471. The van der Waals surface area contributed by atoms with E-state index in [-0.39, 0.29) is 23.8 Å². The first-order valence-corrected chi connectivity index (χ1v) is 9.03. The smallest absolute Gasteiger partial charge is 0.271 e. The van der Waals surface area contributed by atoms with Crippen LogP contribution >= 0.6 is 11.3 Å². The van der Waals surface area contributed by atoms with E-state index in [0.29, 0.717) is 25.3 Å². The van der Waals surface area contributed by atoms with E-state index in [4.69, 9.17) is 0 Å². The number of imidazole rings is 1. The summed E-state index contributed by atoms with van der Waals surface area (Å²) in [5, 5.41) is 4.88. The summed E-state index contributed by atoms with van der Waals surface area (Å²) in [7, 11) is 0. The van der Waals surface area contributed by atoms with E-state index in [2.05, 4.69) is 10.3 Å². The average Bonchev–Trinajstić information content (AvgIpc) is 3.22. The van der Waals surface area contributed by atoms with Gasteiger partial charge in [-0.2, -0.15) is 0 Å². The fourth-order valence-electron chi connectivity index (χ4n) is 2.90. The molecule has 24 heavy (non-hydrogen) atoms. The third kappa shape index (κ3) is 3.21. The van der Waals surface area contributed by atoms with Crippen LogP contribution in [-0.4, -0.2) is 32.8 Å². The van der Waals surface area contributed by atoms with Crippen molar-refractivity contribution in [2.75, 3.05) is 6.54 Å². The number of hydrogen-bond acceptors (Lipinski definition) is 4. The van der Waals surface area contributed by atoms with Gasteiger partial charge in [0.25, 0.3) is 5.91 Å². The number of aromatic nitrogens is 2. The van der Waals surface area contributed by atoms with Gasteiger partial charge in [0.2, 0.25) is 5.91 Å². The maximum Gasteiger partial charge on any atom is 0.271 e. The van der Waals surface area contributed by atoms with Crippen molar-refractivity contribution in [3.63, 3.8) is 0 Å². The summed E-state index contributed by atoms with van der Waals surface area (Å²) in [5.74, 6) is 0.679. The summed E-state index contributed by atoms with van der Waals surface area (Å²) in [4.78, 5) is 32.1. The van der Waals surface area contributed by atoms with Gasteiger partial charge >= 0.3 is 0 Å². The van der Waals surface area contributed by atoms with E-state index in [1.807, 2.05) is 47.8 Å². The minimum atomic E-state index is -0.181. The molecule has 1 N–H and O–H groups in total. The molecule has 0 aliphatic carbocycles. The maximum atomic E-state index is 12.3. The molecule has 0 bridgehead atoms. The summed E-state index contributed by atoms with van der Waals surface area (Å²) >= 11 is 1.61. The standard InChI is InChI=1S/C17H22N4O2S/c1-11(2)17(23)21-7-6-20-10-14(19-15(20)12(21)3)16(22)18-9-13-5-4-8-24-13/h4-5,8,10-12H,6-7,9H2,1-3H3,(H,18,22)/t12-/m0/s1. The Balaban J connectivity index is 1.72. The number of carbonyl (C=O) groups excluding carboxylic acids is 2. The molecule has 0 radical (unpaired) electrons. The van der Waals surface area contributed by atoms with Crippen molar-refractivity contribution < 1.29 is 9.59 Å². The third-order valence-electron chi connectivity index (χ3n) is 4.24. The summed E-state index contributed by atoms with van der Waals surface area (Å²) in [6, 6.07) is 3.83. The molecule has 2 aromatic rings. The number of carbonyl (C=O) groups is 2. The first kappa shape index (κ1) is 16.7. The number of fused-ring (bicyclic) bond motifs is 1. The molecule has 7 heteroatoms. The molecular formula is C17H22N4O2S. The Morgan fingerprint density at radius 1 is 1.42 bits per heavy atom. The zero-order valence-electron chi connectivity index (χ0n) is 14.2. The molecule has 1 aliphatic heterocycles. The monoisotopic (exact) mass is 346 g/mol. The molecule has 2 amide bonds. The van der Waals surface area contributed by atoms with Crippen LogP contribution in [0.5, 0.6) is 0 Å². The molecule has 3 heterocycles. The Kier molecular flexibility index (Phi) is 4.71. The molecular weight excluding hydrogens is 324 g/mol. The molecule has 1 atom stereocenters. The van der Waals surface area contributed by atoms with Crippen LogP contribution in [0.4, 0.5) is 0 Å². The predicted octanol–water partition coefficient (Wildman–Crippen LogP) is 2.43. The van der Waals surface area contributed by atoms with Crippen molar-refractivity contribution in [2.24, 2.45) is 5.92 Å². The van der Waals surface area contributed by atoms with Crippen LogP contribution in [0.15, 0.2) is 23.7 Å². The minimum absolute atomic E-state index is 0.0393. The fourth-order valence-corrected chi connectivity index (χ4v) is 3.55. The summed E-state index contributed by atoms with van der Waals surface area (Å²) in [5.41, 5.74) is 0.409. The highest BCUT2D eigenvalue weighted by molar-refractivity contribution is 7.09. The SMILES string of the molecule is CC(C)C(=O)N1CCn2cc(C(=O)NCc3cccs3)nc2[C@@H]1C. The van der Waals surface area contributed by atoms with Crippen LogP contribution in [0.2, 0.25) is 0 Å². The third-order valence-corrected chi connectivity index (χ3v) is 5.12. The summed E-state index contributed by atoms with van der Waals surface area (Å²) < 4.78 is 1.98. The molecule has 0 unspecified atom stereocenters. The van der Waals surface area contributed by atoms with Crippen LogP contribution in [0, 0.1) is 5.92 Å². The maximum absolute atomic E-state index is 12.3. The van der Waals surface area contributed by atoms with Crippen molar-refractivity contribution in [2.45, 2.75) is 39.9 Å². The highest BCUT2D eigenvalue weighted by Gasteiger charge is 2.31. The molecule has 3 rings (SSSR count). The number of thiophene rings is 1. The van der Waals surface area contributed by atoms with Crippen LogP contribution < -0.4 is 5.32 Å². The highest BCUT2D eigenvalue weighted by atomic mass is 32.1. The Hall–Kier alpha value is -2.15. The van der Waals surface area contributed by atoms with Crippen molar-refractivity contribution >= 4 is 23.2 Å². The van der Waals surface area contributed by atoms with Crippen LogP contribution in [0.25, 0.3) is 0 Å². The lowest BCUT2D eigenvalue weighted by atomic mass is 10.1. The van der Waals surface area contributed by atoms with E-state index >= 15 is 0 Å². The topological polar surface area (TPSA) is 67.2 Å². The van der Waals surface area contributed by atoms with Gasteiger partial charge in [-0.05, 0) is 18.4 Å². The zero-order chi connectivity index (χ0) is 17.3. The molecule has 1 aliphatic rings. The second-order valence-electron chi connectivity index (χ2n) is 6.30. The molecule has 0 fully saturated rings. The van der Waals surface area contributed by atoms with Gasteiger partial charge in [-0.1, -0.05) is 19.9 Å². The van der Waals surface area contributed by atoms with Gasteiger partial charge in [-0.25, -0.2) is 4.98 Å². The molecule has 6 nitrogen and oxygen atoms in total. The normalized spacial score (nSPS) is 17.0. The Bertz CT molecular complexity index is 736. The van der Waals surface area contributed by atoms with E-state index < -0.39 is 0 Å². The Morgan fingerprint density at radius 3 is 2.88 bits per heavy atom. The van der Waals surface area contributed by atoms with Crippen LogP contribution in [-0.2, 0) is 17.9 Å². The van der Waals surface area contributed by atoms with Crippen LogP contribution in [0.1, 0.15) is 48.0 Å². The molecule has 128 valence electrons. The summed E-state index contributed by atoms with van der Waals surface area (Å²) in [6.45, 7) is 7.60. The summed E-state index contributed by atoms with van der Waals surface area (Å²) in [6.07, 6.45) is 1.78. The van der Waals surface area contributed by atoms with Gasteiger partial charge in [0.05, 0.1) is 12.6 Å².